The second-order valence-corrected chi connectivity index (χ2v) is 6.38. The van der Waals surface area contributed by atoms with Crippen molar-refractivity contribution in [2.45, 2.75) is 25.9 Å². The fourth-order valence-electron chi connectivity index (χ4n) is 2.90. The fourth-order valence-corrected chi connectivity index (χ4v) is 3.12. The molecule has 7 nitrogen and oxygen atoms in total. The molecule has 4 rings (SSSR count). The second kappa shape index (κ2) is 6.50. The van der Waals surface area contributed by atoms with Crippen molar-refractivity contribution in [2.75, 3.05) is 13.2 Å². The van der Waals surface area contributed by atoms with Crippen LogP contribution in [-0.4, -0.2) is 39.8 Å². The van der Waals surface area contributed by atoms with Gasteiger partial charge in [-0.05, 0) is 31.9 Å². The third-order valence-electron chi connectivity index (χ3n) is 4.25. The molecule has 2 aromatic heterocycles. The van der Waals surface area contributed by atoms with Gasteiger partial charge in [0.25, 0.3) is 5.91 Å². The Morgan fingerprint density at radius 3 is 3.00 bits per heavy atom. The molecule has 3 heterocycles. The number of oxazole rings is 1. The normalized spacial score (nSPS) is 17.3. The van der Waals surface area contributed by atoms with Gasteiger partial charge in [0, 0.05) is 18.7 Å². The van der Waals surface area contributed by atoms with Crippen LogP contribution in [0.3, 0.4) is 0 Å². The molecule has 0 radical (unpaired) electrons. The Morgan fingerprint density at radius 2 is 2.28 bits per heavy atom. The lowest BCUT2D eigenvalue weighted by Crippen LogP contribution is -2.31. The van der Waals surface area contributed by atoms with Crippen LogP contribution in [0.4, 0.5) is 0 Å². The molecule has 8 heteroatoms. The molecular weight excluding hydrogens is 344 g/mol. The fraction of sp³-hybridized carbons (Fsp3) is 0.353. The van der Waals surface area contributed by atoms with E-state index in [0.29, 0.717) is 28.6 Å². The smallest absolute Gasteiger partial charge is 0.325 e. The molecule has 3 aromatic rings. The number of nitrogens with zero attached hydrogens (tertiary/aromatic N) is 3. The first-order chi connectivity index (χ1) is 12.1. The minimum atomic E-state index is -0.292. The lowest BCUT2D eigenvalue weighted by atomic mass is 10.2. The van der Waals surface area contributed by atoms with Crippen LogP contribution in [0.2, 0.25) is 5.02 Å². The zero-order chi connectivity index (χ0) is 17.4. The average Bonchev–Trinajstić information content (AvgIpc) is 3.31. The van der Waals surface area contributed by atoms with E-state index in [1.165, 1.54) is 4.52 Å². The molecule has 25 heavy (non-hydrogen) atoms. The number of fused-ring (bicyclic) bond motifs is 1. The molecule has 1 saturated heterocycles. The zero-order valence-corrected chi connectivity index (χ0v) is 14.4. The van der Waals surface area contributed by atoms with Gasteiger partial charge >= 0.3 is 5.84 Å². The van der Waals surface area contributed by atoms with Gasteiger partial charge in [-0.3, -0.25) is 4.79 Å². The lowest BCUT2D eigenvalue weighted by molar-refractivity contribution is 0.0836. The quantitative estimate of drug-likeness (QED) is 0.773. The van der Waals surface area contributed by atoms with Crippen molar-refractivity contribution in [1.82, 2.24) is 19.9 Å². The lowest BCUT2D eigenvalue weighted by Gasteiger charge is -2.09. The third-order valence-corrected chi connectivity index (χ3v) is 4.58. The van der Waals surface area contributed by atoms with E-state index in [1.807, 2.05) is 18.2 Å². The molecule has 0 spiro atoms. The van der Waals surface area contributed by atoms with E-state index in [1.54, 1.807) is 13.0 Å². The van der Waals surface area contributed by atoms with Crippen LogP contribution in [-0.2, 0) is 4.74 Å². The number of halogens is 1. The first-order valence-corrected chi connectivity index (χ1v) is 8.52. The number of carbonyl (C=O) groups excluding carboxylic acids is 1. The van der Waals surface area contributed by atoms with Crippen LogP contribution in [0, 0.1) is 6.92 Å². The van der Waals surface area contributed by atoms with Gasteiger partial charge < -0.3 is 14.5 Å². The van der Waals surface area contributed by atoms with Gasteiger partial charge in [0.15, 0.2) is 5.82 Å². The molecule has 0 saturated carbocycles. The van der Waals surface area contributed by atoms with Gasteiger partial charge in [-0.15, -0.1) is 5.10 Å². The van der Waals surface area contributed by atoms with Crippen LogP contribution in [0.1, 0.15) is 29.1 Å². The zero-order valence-electron chi connectivity index (χ0n) is 13.7. The van der Waals surface area contributed by atoms with E-state index < -0.39 is 0 Å². The summed E-state index contributed by atoms with van der Waals surface area (Å²) in [5.74, 6) is 0.631. The summed E-state index contributed by atoms with van der Waals surface area (Å²) in [6, 6.07) is 7.31. The largest absolute Gasteiger partial charge is 0.416 e. The predicted octanol–water partition coefficient (Wildman–Crippen LogP) is 2.86. The number of rotatable bonds is 4. The predicted molar refractivity (Wildman–Crippen MR) is 91.7 cm³/mol. The molecule has 1 unspecified atom stereocenters. The van der Waals surface area contributed by atoms with Crippen LogP contribution >= 0.6 is 11.6 Å². The maximum absolute atomic E-state index is 12.3. The van der Waals surface area contributed by atoms with E-state index in [0.717, 1.165) is 19.4 Å². The van der Waals surface area contributed by atoms with Crippen molar-refractivity contribution >= 4 is 23.4 Å². The van der Waals surface area contributed by atoms with E-state index in [2.05, 4.69) is 15.4 Å². The molecule has 1 N–H and O–H groups in total. The molecule has 130 valence electrons. The topological polar surface area (TPSA) is 81.7 Å². The van der Waals surface area contributed by atoms with Gasteiger partial charge in [0.05, 0.1) is 16.8 Å². The minimum Gasteiger partial charge on any atom is -0.416 e. The monoisotopic (exact) mass is 360 g/mol. The summed E-state index contributed by atoms with van der Waals surface area (Å²) in [6.07, 6.45) is 2.07. The van der Waals surface area contributed by atoms with Gasteiger partial charge in [-0.1, -0.05) is 23.7 Å². The summed E-state index contributed by atoms with van der Waals surface area (Å²) in [5, 5.41) is 7.81. The van der Waals surface area contributed by atoms with Gasteiger partial charge in [-0.25, -0.2) is 0 Å². The minimum absolute atomic E-state index is 0.0771. The number of amides is 1. The number of hydrogen-bond donors (Lipinski definition) is 1. The number of hydrogen-bond acceptors (Lipinski definition) is 5. The third kappa shape index (κ3) is 3.01. The van der Waals surface area contributed by atoms with Crippen molar-refractivity contribution in [3.63, 3.8) is 0 Å². The number of aromatic nitrogens is 3. The van der Waals surface area contributed by atoms with Crippen LogP contribution in [0.15, 0.2) is 28.7 Å². The molecule has 1 aliphatic heterocycles. The first-order valence-electron chi connectivity index (χ1n) is 8.14. The van der Waals surface area contributed by atoms with Crippen LogP contribution in [0.5, 0.6) is 0 Å². The second-order valence-electron chi connectivity index (χ2n) is 5.97. The molecule has 1 amide bonds. The summed E-state index contributed by atoms with van der Waals surface area (Å²) in [7, 11) is 0. The summed E-state index contributed by atoms with van der Waals surface area (Å²) < 4.78 is 12.6. The number of nitrogens with one attached hydrogen (secondary N) is 1. The maximum atomic E-state index is 12.3. The van der Waals surface area contributed by atoms with Gasteiger partial charge in [0.2, 0.25) is 5.76 Å². The molecule has 0 bridgehead atoms. The first kappa shape index (κ1) is 16.1. The highest BCUT2D eigenvalue weighted by molar-refractivity contribution is 6.33. The Bertz CT molecular complexity index is 927. The highest BCUT2D eigenvalue weighted by Gasteiger charge is 2.23. The standard InChI is InChI=1S/C17H17ClN4O3/c1-10-14(16(23)19-9-11-5-4-8-24-11)25-17-20-15(21-22(10)17)12-6-2-3-7-13(12)18/h2-3,6-7,11H,4-5,8-9H2,1H3,(H,19,23). The summed E-state index contributed by atoms with van der Waals surface area (Å²) in [6.45, 7) is 2.99. The highest BCUT2D eigenvalue weighted by Crippen LogP contribution is 2.26. The Kier molecular flexibility index (Phi) is 4.19. The Balaban J connectivity index is 1.57. The highest BCUT2D eigenvalue weighted by atomic mass is 35.5. The summed E-state index contributed by atoms with van der Waals surface area (Å²) >= 11 is 6.18. The SMILES string of the molecule is Cc1c(C(=O)NCC2CCCO2)oc2nc(-c3ccccc3Cl)nn12. The van der Waals surface area contributed by atoms with E-state index in [9.17, 15) is 4.79 Å². The number of ether oxygens (including phenoxy) is 1. The molecule has 0 aliphatic carbocycles. The molecular formula is C17H17ClN4O3. The van der Waals surface area contributed by atoms with E-state index >= 15 is 0 Å². The Morgan fingerprint density at radius 1 is 1.44 bits per heavy atom. The number of benzene rings is 1. The van der Waals surface area contributed by atoms with Gasteiger partial charge in [0.1, 0.15) is 0 Å². The van der Waals surface area contributed by atoms with E-state index in [4.69, 9.17) is 20.8 Å². The molecule has 1 fully saturated rings. The number of aryl methyl sites for hydroxylation is 1. The Hall–Kier alpha value is -2.38. The maximum Gasteiger partial charge on any atom is 0.325 e. The molecule has 1 atom stereocenters. The van der Waals surface area contributed by atoms with Gasteiger partial charge in [-0.2, -0.15) is 9.50 Å². The Labute approximate surface area is 148 Å². The van der Waals surface area contributed by atoms with Crippen molar-refractivity contribution in [1.29, 1.82) is 0 Å². The molecule has 1 aliphatic rings. The van der Waals surface area contributed by atoms with Crippen molar-refractivity contribution < 1.29 is 13.9 Å². The number of carbonyl (C=O) groups is 1. The average molecular weight is 361 g/mol. The summed E-state index contributed by atoms with van der Waals surface area (Å²) in [5.41, 5.74) is 1.30. The van der Waals surface area contributed by atoms with Crippen LogP contribution < -0.4 is 5.32 Å². The van der Waals surface area contributed by atoms with Crippen molar-refractivity contribution in [2.24, 2.45) is 0 Å². The van der Waals surface area contributed by atoms with E-state index in [-0.39, 0.29) is 23.6 Å². The van der Waals surface area contributed by atoms with Crippen molar-refractivity contribution in [3.8, 4) is 11.4 Å². The van der Waals surface area contributed by atoms with Crippen LogP contribution in [0.25, 0.3) is 17.2 Å². The summed E-state index contributed by atoms with van der Waals surface area (Å²) in [4.78, 5) is 16.7. The van der Waals surface area contributed by atoms with Crippen molar-refractivity contribution in [3.05, 3.63) is 40.7 Å². The molecule has 1 aromatic carbocycles.